The lowest BCUT2D eigenvalue weighted by Gasteiger charge is -2.23. The Morgan fingerprint density at radius 3 is 2.50 bits per heavy atom. The Bertz CT molecular complexity index is 975. The Labute approximate surface area is 139 Å². The monoisotopic (exact) mass is 349 g/mol. The molecule has 128 valence electrons. The highest BCUT2D eigenvalue weighted by Gasteiger charge is 2.32. The molecule has 2 heterocycles. The van der Waals surface area contributed by atoms with E-state index in [0.29, 0.717) is 24.9 Å². The molecule has 2 aromatic rings. The number of hydrogen-bond acceptors (Lipinski definition) is 5. The van der Waals surface area contributed by atoms with Gasteiger partial charge in [0, 0.05) is 13.1 Å². The van der Waals surface area contributed by atoms with Crippen molar-refractivity contribution in [3.8, 4) is 11.1 Å². The molecule has 1 aliphatic heterocycles. The van der Waals surface area contributed by atoms with Crippen LogP contribution in [0.5, 0.6) is 0 Å². The van der Waals surface area contributed by atoms with Crippen molar-refractivity contribution >= 4 is 9.84 Å². The molecule has 3 rings (SSSR count). The van der Waals surface area contributed by atoms with E-state index < -0.39 is 21.1 Å². The first-order chi connectivity index (χ1) is 11.5. The largest absolute Gasteiger partial charge is 0.332 e. The van der Waals surface area contributed by atoms with Crippen LogP contribution in [0.3, 0.4) is 0 Å². The van der Waals surface area contributed by atoms with Crippen molar-refractivity contribution in [2.24, 2.45) is 5.73 Å². The molecule has 1 aromatic carbocycles. The fourth-order valence-electron chi connectivity index (χ4n) is 3.01. The fraction of sp³-hybridized carbons (Fsp3) is 0.375. The Balaban J connectivity index is 2.42. The van der Waals surface area contributed by atoms with Crippen molar-refractivity contribution in [1.82, 2.24) is 9.13 Å². The van der Waals surface area contributed by atoms with E-state index in [-0.39, 0.29) is 29.4 Å². The van der Waals surface area contributed by atoms with Crippen LogP contribution in [0.2, 0.25) is 0 Å². The Kier molecular flexibility index (Phi) is 4.42. The lowest BCUT2D eigenvalue weighted by molar-refractivity contribution is 0.476. The van der Waals surface area contributed by atoms with Crippen molar-refractivity contribution < 1.29 is 8.42 Å². The summed E-state index contributed by atoms with van der Waals surface area (Å²) in [6, 6.07) is 8.61. The third-order valence-electron chi connectivity index (χ3n) is 4.12. The molecule has 7 nitrogen and oxygen atoms in total. The highest BCUT2D eigenvalue weighted by Crippen LogP contribution is 2.27. The topological polar surface area (TPSA) is 104 Å². The van der Waals surface area contributed by atoms with Gasteiger partial charge in [-0.25, -0.2) is 13.2 Å². The van der Waals surface area contributed by atoms with Gasteiger partial charge in [-0.1, -0.05) is 30.3 Å². The van der Waals surface area contributed by atoms with Crippen LogP contribution in [-0.4, -0.2) is 29.8 Å². The van der Waals surface area contributed by atoms with E-state index in [1.165, 1.54) is 4.57 Å². The number of nitrogens with two attached hydrogens (primary N) is 1. The maximum Gasteiger partial charge on any atom is 0.332 e. The van der Waals surface area contributed by atoms with E-state index in [1.54, 1.807) is 30.3 Å². The number of aromatic nitrogens is 2. The maximum absolute atomic E-state index is 12.9. The van der Waals surface area contributed by atoms with Crippen LogP contribution in [0.4, 0.5) is 0 Å². The van der Waals surface area contributed by atoms with Gasteiger partial charge in [0.2, 0.25) is 0 Å². The molecule has 8 heteroatoms. The van der Waals surface area contributed by atoms with E-state index >= 15 is 0 Å². The normalized spacial score (nSPS) is 15.9. The lowest BCUT2D eigenvalue weighted by atomic mass is 10.1. The van der Waals surface area contributed by atoms with Crippen molar-refractivity contribution in [3.63, 3.8) is 0 Å². The second-order valence-electron chi connectivity index (χ2n) is 5.75. The first kappa shape index (κ1) is 16.7. The number of rotatable bonds is 4. The van der Waals surface area contributed by atoms with Gasteiger partial charge in [-0.05, 0) is 24.9 Å². The quantitative estimate of drug-likeness (QED) is 0.794. The summed E-state index contributed by atoms with van der Waals surface area (Å²) in [6.45, 7) is 0.803. The smallest absolute Gasteiger partial charge is 0.330 e. The molecule has 0 saturated heterocycles. The minimum Gasteiger partial charge on any atom is -0.330 e. The molecule has 0 aliphatic carbocycles. The molecule has 1 aromatic heterocycles. The third kappa shape index (κ3) is 2.71. The van der Waals surface area contributed by atoms with Gasteiger partial charge in [0.1, 0.15) is 0 Å². The van der Waals surface area contributed by atoms with Crippen LogP contribution in [0.25, 0.3) is 11.1 Å². The first-order valence-electron chi connectivity index (χ1n) is 7.83. The minimum atomic E-state index is -3.68. The zero-order chi connectivity index (χ0) is 17.3. The van der Waals surface area contributed by atoms with Crippen LogP contribution in [0.15, 0.2) is 44.9 Å². The average Bonchev–Trinajstić information content (AvgIpc) is 2.56. The molecule has 0 saturated carbocycles. The van der Waals surface area contributed by atoms with Gasteiger partial charge >= 0.3 is 5.69 Å². The third-order valence-corrected chi connectivity index (χ3v) is 5.96. The Morgan fingerprint density at radius 2 is 1.83 bits per heavy atom. The van der Waals surface area contributed by atoms with E-state index in [9.17, 15) is 18.0 Å². The summed E-state index contributed by atoms with van der Waals surface area (Å²) >= 11 is 0. The molecule has 2 N–H and O–H groups in total. The molecule has 0 bridgehead atoms. The molecule has 0 amide bonds. The Hall–Kier alpha value is -2.19. The van der Waals surface area contributed by atoms with Crippen molar-refractivity contribution in [1.29, 1.82) is 0 Å². The van der Waals surface area contributed by atoms with Crippen LogP contribution in [0, 0.1) is 0 Å². The summed E-state index contributed by atoms with van der Waals surface area (Å²) in [6.07, 6.45) is 0.827. The summed E-state index contributed by atoms with van der Waals surface area (Å²) in [5.74, 6) is -0.0570. The molecule has 0 unspecified atom stereocenters. The number of sulfone groups is 1. The molecule has 0 spiro atoms. The highest BCUT2D eigenvalue weighted by molar-refractivity contribution is 7.91. The van der Waals surface area contributed by atoms with E-state index in [2.05, 4.69) is 0 Å². The number of benzene rings is 1. The lowest BCUT2D eigenvalue weighted by Crippen LogP contribution is -2.45. The standard InChI is InChI=1S/C16H19N3O4S/c17-8-4-9-18-14(20)13(12-6-2-1-3-7-12)15-19(16(18)21)10-5-11-24(15,22)23/h1-3,6-7H,4-5,8-11,17H2. The van der Waals surface area contributed by atoms with Gasteiger partial charge < -0.3 is 5.73 Å². The van der Waals surface area contributed by atoms with E-state index in [1.807, 2.05) is 0 Å². The zero-order valence-electron chi connectivity index (χ0n) is 13.1. The predicted octanol–water partition coefficient (Wildman–Crippen LogP) is 0.203. The summed E-state index contributed by atoms with van der Waals surface area (Å²) in [5.41, 5.74) is 4.91. The summed E-state index contributed by atoms with van der Waals surface area (Å²) < 4.78 is 27.5. The predicted molar refractivity (Wildman–Crippen MR) is 90.7 cm³/mol. The van der Waals surface area contributed by atoms with E-state index in [0.717, 1.165) is 4.57 Å². The average molecular weight is 349 g/mol. The van der Waals surface area contributed by atoms with Gasteiger partial charge in [0.15, 0.2) is 14.9 Å². The van der Waals surface area contributed by atoms with Gasteiger partial charge in [-0.15, -0.1) is 0 Å². The van der Waals surface area contributed by atoms with Crippen molar-refractivity contribution in [3.05, 3.63) is 51.2 Å². The molecule has 24 heavy (non-hydrogen) atoms. The second-order valence-corrected chi connectivity index (χ2v) is 7.78. The van der Waals surface area contributed by atoms with Crippen LogP contribution < -0.4 is 17.0 Å². The van der Waals surface area contributed by atoms with Crippen molar-refractivity contribution in [2.75, 3.05) is 12.3 Å². The maximum atomic E-state index is 12.9. The zero-order valence-corrected chi connectivity index (χ0v) is 14.0. The molecule has 0 fully saturated rings. The SMILES string of the molecule is NCCCn1c(=O)c(-c2ccccc2)c2n(c1=O)CCCS2(=O)=O. The van der Waals surface area contributed by atoms with Gasteiger partial charge in [0.05, 0.1) is 11.3 Å². The summed E-state index contributed by atoms with van der Waals surface area (Å²) in [5, 5.41) is -0.154. The van der Waals surface area contributed by atoms with Crippen LogP contribution in [0.1, 0.15) is 12.8 Å². The number of fused-ring (bicyclic) bond motifs is 1. The molecule has 0 radical (unpaired) electrons. The van der Waals surface area contributed by atoms with Gasteiger partial charge in [-0.3, -0.25) is 13.9 Å². The van der Waals surface area contributed by atoms with Crippen LogP contribution >= 0.6 is 0 Å². The number of nitrogens with zero attached hydrogens (tertiary/aromatic N) is 2. The molecular weight excluding hydrogens is 330 g/mol. The molecule has 0 atom stereocenters. The van der Waals surface area contributed by atoms with Gasteiger partial charge in [0.25, 0.3) is 5.56 Å². The molecular formula is C16H19N3O4S. The first-order valence-corrected chi connectivity index (χ1v) is 9.48. The van der Waals surface area contributed by atoms with Crippen LogP contribution in [-0.2, 0) is 22.9 Å². The summed E-state index contributed by atoms with van der Waals surface area (Å²) in [4.78, 5) is 25.5. The van der Waals surface area contributed by atoms with Crippen molar-refractivity contribution in [2.45, 2.75) is 31.0 Å². The second kappa shape index (κ2) is 6.37. The minimum absolute atomic E-state index is 0.0570. The Morgan fingerprint density at radius 1 is 1.12 bits per heavy atom. The highest BCUT2D eigenvalue weighted by atomic mass is 32.2. The number of hydrogen-bond donors (Lipinski definition) is 1. The summed E-state index contributed by atoms with van der Waals surface area (Å²) in [7, 11) is -3.68. The molecule has 1 aliphatic rings. The fourth-order valence-corrected chi connectivity index (χ4v) is 4.73. The van der Waals surface area contributed by atoms with E-state index in [4.69, 9.17) is 5.73 Å². The van der Waals surface area contributed by atoms with Gasteiger partial charge in [-0.2, -0.15) is 0 Å².